The van der Waals surface area contributed by atoms with Crippen molar-refractivity contribution in [1.29, 1.82) is 0 Å². The molecule has 1 N–H and O–H groups in total. The number of aromatic nitrogens is 2. The lowest BCUT2D eigenvalue weighted by atomic mass is 10.1. The van der Waals surface area contributed by atoms with Gasteiger partial charge >= 0.3 is 0 Å². The van der Waals surface area contributed by atoms with Crippen LogP contribution in [0.25, 0.3) is 0 Å². The smallest absolute Gasteiger partial charge is 0.255 e. The number of sulfone groups is 1. The predicted octanol–water partition coefficient (Wildman–Crippen LogP) is 3.59. The maximum atomic E-state index is 12.4. The number of hydrogen-bond donors (Lipinski definition) is 1. The number of anilines is 1. The van der Waals surface area contributed by atoms with Gasteiger partial charge in [-0.05, 0) is 61.9 Å². The number of nitrogens with one attached hydrogen (secondary N) is 1. The van der Waals surface area contributed by atoms with E-state index in [1.807, 2.05) is 36.7 Å². The molecule has 146 valence electrons. The maximum Gasteiger partial charge on any atom is 0.255 e. The van der Waals surface area contributed by atoms with Crippen molar-refractivity contribution in [2.24, 2.45) is 0 Å². The van der Waals surface area contributed by atoms with E-state index >= 15 is 0 Å². The minimum absolute atomic E-state index is 0.0443. The summed E-state index contributed by atoms with van der Waals surface area (Å²) in [5, 5.41) is 7.23. The van der Waals surface area contributed by atoms with E-state index in [0.717, 1.165) is 17.0 Å². The first kappa shape index (κ1) is 19.8. The van der Waals surface area contributed by atoms with E-state index in [1.54, 1.807) is 31.2 Å². The number of rotatable bonds is 6. The molecule has 1 aromatic heterocycles. The Morgan fingerprint density at radius 1 is 1.04 bits per heavy atom. The summed E-state index contributed by atoms with van der Waals surface area (Å²) < 4.78 is 25.6. The first-order valence-corrected chi connectivity index (χ1v) is 10.7. The van der Waals surface area contributed by atoms with Crippen molar-refractivity contribution >= 4 is 21.4 Å². The summed E-state index contributed by atoms with van der Waals surface area (Å²) in [6, 6.07) is 15.6. The lowest BCUT2D eigenvalue weighted by Gasteiger charge is -2.08. The van der Waals surface area contributed by atoms with E-state index in [0.29, 0.717) is 17.8 Å². The first-order valence-electron chi connectivity index (χ1n) is 9.02. The molecule has 0 saturated carbocycles. The van der Waals surface area contributed by atoms with E-state index in [2.05, 4.69) is 10.4 Å². The SMILES string of the molecule is CCS(=O)(=O)c1ccc(NC(=O)c2ccc(Cn3nc(C)cc3C)cc2)cc1. The van der Waals surface area contributed by atoms with Crippen molar-refractivity contribution in [3.8, 4) is 0 Å². The number of benzene rings is 2. The molecule has 0 atom stereocenters. The molecule has 0 saturated heterocycles. The highest BCUT2D eigenvalue weighted by Gasteiger charge is 2.12. The molecule has 0 aliphatic heterocycles. The van der Waals surface area contributed by atoms with Crippen LogP contribution in [0, 0.1) is 13.8 Å². The number of carbonyl (C=O) groups is 1. The summed E-state index contributed by atoms with van der Waals surface area (Å²) in [4.78, 5) is 12.7. The van der Waals surface area contributed by atoms with Crippen molar-refractivity contribution in [1.82, 2.24) is 9.78 Å². The van der Waals surface area contributed by atoms with Gasteiger partial charge in [-0.3, -0.25) is 9.48 Å². The van der Waals surface area contributed by atoms with Gasteiger partial charge in [0.25, 0.3) is 5.91 Å². The van der Waals surface area contributed by atoms with E-state index in [9.17, 15) is 13.2 Å². The molecule has 0 aliphatic rings. The van der Waals surface area contributed by atoms with Crippen LogP contribution in [0.2, 0.25) is 0 Å². The van der Waals surface area contributed by atoms with Crippen LogP contribution in [0.4, 0.5) is 5.69 Å². The number of aryl methyl sites for hydroxylation is 2. The third-order valence-corrected chi connectivity index (χ3v) is 6.25. The van der Waals surface area contributed by atoms with Crippen LogP contribution in [-0.4, -0.2) is 29.9 Å². The average molecular weight is 398 g/mol. The van der Waals surface area contributed by atoms with Gasteiger partial charge in [0.1, 0.15) is 0 Å². The summed E-state index contributed by atoms with van der Waals surface area (Å²) in [5.41, 5.74) is 4.20. The molecule has 2 aromatic carbocycles. The van der Waals surface area contributed by atoms with Crippen molar-refractivity contribution in [3.05, 3.63) is 77.1 Å². The Morgan fingerprint density at radius 3 is 2.21 bits per heavy atom. The van der Waals surface area contributed by atoms with Gasteiger partial charge < -0.3 is 5.32 Å². The number of amides is 1. The van der Waals surface area contributed by atoms with Crippen LogP contribution in [-0.2, 0) is 16.4 Å². The Balaban J connectivity index is 1.67. The second-order valence-electron chi connectivity index (χ2n) is 6.66. The van der Waals surface area contributed by atoms with Crippen molar-refractivity contribution in [3.63, 3.8) is 0 Å². The minimum atomic E-state index is -3.25. The van der Waals surface area contributed by atoms with Crippen molar-refractivity contribution in [2.75, 3.05) is 11.1 Å². The van der Waals surface area contributed by atoms with Crippen LogP contribution in [0.1, 0.15) is 34.2 Å². The maximum absolute atomic E-state index is 12.4. The Bertz CT molecular complexity index is 1080. The molecule has 3 aromatic rings. The van der Waals surface area contributed by atoms with Crippen LogP contribution in [0.3, 0.4) is 0 Å². The van der Waals surface area contributed by atoms with Gasteiger partial charge in [-0.1, -0.05) is 19.1 Å². The Hall–Kier alpha value is -2.93. The average Bonchev–Trinajstić information content (AvgIpc) is 2.99. The summed E-state index contributed by atoms with van der Waals surface area (Å²) in [6.07, 6.45) is 0. The minimum Gasteiger partial charge on any atom is -0.322 e. The van der Waals surface area contributed by atoms with Crippen molar-refractivity contribution < 1.29 is 13.2 Å². The summed E-state index contributed by atoms with van der Waals surface area (Å²) in [5.74, 6) is -0.202. The van der Waals surface area contributed by atoms with Crippen LogP contribution >= 0.6 is 0 Å². The van der Waals surface area contributed by atoms with E-state index in [4.69, 9.17) is 0 Å². The highest BCUT2D eigenvalue weighted by Crippen LogP contribution is 2.16. The van der Waals surface area contributed by atoms with E-state index in [-0.39, 0.29) is 16.6 Å². The van der Waals surface area contributed by atoms with Gasteiger partial charge in [0.15, 0.2) is 9.84 Å². The number of hydrogen-bond acceptors (Lipinski definition) is 4. The monoisotopic (exact) mass is 397 g/mol. The van der Waals surface area contributed by atoms with Gasteiger partial charge in [0.2, 0.25) is 0 Å². The van der Waals surface area contributed by atoms with Crippen LogP contribution in [0.15, 0.2) is 59.5 Å². The standard InChI is InChI=1S/C21H23N3O3S/c1-4-28(26,27)20-11-9-19(10-12-20)22-21(25)18-7-5-17(6-8-18)14-24-16(3)13-15(2)23-24/h5-13H,4,14H2,1-3H3,(H,22,25). The Morgan fingerprint density at radius 2 is 1.68 bits per heavy atom. The molecule has 0 aliphatic carbocycles. The molecule has 0 radical (unpaired) electrons. The lowest BCUT2D eigenvalue weighted by Crippen LogP contribution is -2.12. The number of nitrogens with zero attached hydrogens (tertiary/aromatic N) is 2. The highest BCUT2D eigenvalue weighted by atomic mass is 32.2. The zero-order chi connectivity index (χ0) is 20.3. The van der Waals surface area contributed by atoms with Gasteiger partial charge in [-0.15, -0.1) is 0 Å². The molecule has 1 amide bonds. The van der Waals surface area contributed by atoms with Crippen LogP contribution < -0.4 is 5.32 Å². The topological polar surface area (TPSA) is 81.1 Å². The molecule has 3 rings (SSSR count). The summed E-state index contributed by atoms with van der Waals surface area (Å²) >= 11 is 0. The second-order valence-corrected chi connectivity index (χ2v) is 8.94. The molecule has 0 fully saturated rings. The van der Waals surface area contributed by atoms with Gasteiger partial charge in [0, 0.05) is 16.9 Å². The van der Waals surface area contributed by atoms with Crippen LogP contribution in [0.5, 0.6) is 0 Å². The van der Waals surface area contributed by atoms with Crippen molar-refractivity contribution in [2.45, 2.75) is 32.2 Å². The molecule has 1 heterocycles. The predicted molar refractivity (Wildman–Crippen MR) is 109 cm³/mol. The molecule has 28 heavy (non-hydrogen) atoms. The molecular weight excluding hydrogens is 374 g/mol. The number of carbonyl (C=O) groups excluding carboxylic acids is 1. The molecular formula is C21H23N3O3S. The van der Waals surface area contributed by atoms with Gasteiger partial charge in [-0.25, -0.2) is 8.42 Å². The third kappa shape index (κ3) is 4.48. The molecule has 7 heteroatoms. The fraction of sp³-hybridized carbons (Fsp3) is 0.238. The second kappa shape index (κ2) is 7.98. The highest BCUT2D eigenvalue weighted by molar-refractivity contribution is 7.91. The normalized spacial score (nSPS) is 11.4. The zero-order valence-electron chi connectivity index (χ0n) is 16.1. The van der Waals surface area contributed by atoms with E-state index in [1.165, 1.54) is 12.1 Å². The fourth-order valence-corrected chi connectivity index (χ4v) is 3.77. The third-order valence-electron chi connectivity index (χ3n) is 4.50. The van der Waals surface area contributed by atoms with Gasteiger partial charge in [0.05, 0.1) is 22.9 Å². The summed E-state index contributed by atoms with van der Waals surface area (Å²) in [7, 11) is -3.25. The Labute approximate surface area is 165 Å². The quantitative estimate of drug-likeness (QED) is 0.689. The molecule has 0 spiro atoms. The fourth-order valence-electron chi connectivity index (χ4n) is 2.89. The Kier molecular flexibility index (Phi) is 5.65. The molecule has 0 unspecified atom stereocenters. The lowest BCUT2D eigenvalue weighted by molar-refractivity contribution is 0.102. The largest absolute Gasteiger partial charge is 0.322 e. The molecule has 0 bridgehead atoms. The van der Waals surface area contributed by atoms with Gasteiger partial charge in [-0.2, -0.15) is 5.10 Å². The first-order chi connectivity index (χ1) is 13.3. The van der Waals surface area contributed by atoms with E-state index < -0.39 is 9.84 Å². The zero-order valence-corrected chi connectivity index (χ0v) is 17.0. The molecule has 6 nitrogen and oxygen atoms in total. The summed E-state index contributed by atoms with van der Waals surface area (Å²) in [6.45, 7) is 6.22.